The Morgan fingerprint density at radius 2 is 1.84 bits per heavy atom. The lowest BCUT2D eigenvalue weighted by Gasteiger charge is -2.04. The van der Waals surface area contributed by atoms with Crippen molar-refractivity contribution in [2.75, 3.05) is 12.9 Å². The molecule has 2 aromatic carbocycles. The zero-order valence-electron chi connectivity index (χ0n) is 17.1. The number of methoxy groups -OCH3 is 1. The highest BCUT2D eigenvalue weighted by Crippen LogP contribution is 2.26. The van der Waals surface area contributed by atoms with Crippen molar-refractivity contribution in [3.05, 3.63) is 64.8 Å². The third-order valence-electron chi connectivity index (χ3n) is 4.74. The van der Waals surface area contributed by atoms with Crippen molar-refractivity contribution >= 4 is 21.2 Å². The van der Waals surface area contributed by atoms with Crippen LogP contribution in [0.1, 0.15) is 17.8 Å². The predicted molar refractivity (Wildman–Crippen MR) is 119 cm³/mol. The smallest absolute Gasteiger partial charge is 0.227 e. The van der Waals surface area contributed by atoms with Crippen LogP contribution in [0.3, 0.4) is 0 Å². The van der Waals surface area contributed by atoms with Gasteiger partial charge < -0.3 is 9.26 Å². The van der Waals surface area contributed by atoms with E-state index in [4.69, 9.17) is 9.26 Å². The molecule has 0 N–H and O–H groups in total. The molecule has 4 aromatic rings. The highest BCUT2D eigenvalue weighted by Gasteiger charge is 2.18. The van der Waals surface area contributed by atoms with E-state index < -0.39 is 9.84 Å². The molecule has 0 aliphatic carbocycles. The summed E-state index contributed by atoms with van der Waals surface area (Å²) in [6, 6.07) is 14.0. The van der Waals surface area contributed by atoms with Gasteiger partial charge in [0.25, 0.3) is 0 Å². The molecule has 0 aliphatic rings. The van der Waals surface area contributed by atoms with Crippen molar-refractivity contribution in [2.45, 2.75) is 24.7 Å². The maximum atomic E-state index is 12.6. The molecule has 160 valence electrons. The molecule has 2 heterocycles. The van der Waals surface area contributed by atoms with E-state index in [1.54, 1.807) is 23.5 Å². The van der Waals surface area contributed by atoms with Crippen molar-refractivity contribution in [3.63, 3.8) is 0 Å². The Labute approximate surface area is 184 Å². The minimum Gasteiger partial charge on any atom is -0.497 e. The maximum Gasteiger partial charge on any atom is 0.227 e. The molecular formula is C22H21N3O4S2. The van der Waals surface area contributed by atoms with Gasteiger partial charge in [0.05, 0.1) is 28.5 Å². The summed E-state index contributed by atoms with van der Waals surface area (Å²) in [6.07, 6.45) is 1.03. The molecule has 0 radical (unpaired) electrons. The van der Waals surface area contributed by atoms with Crippen LogP contribution in [-0.2, 0) is 22.7 Å². The number of aryl methyl sites for hydroxylation is 2. The lowest BCUT2D eigenvalue weighted by Crippen LogP contribution is -2.09. The highest BCUT2D eigenvalue weighted by molar-refractivity contribution is 7.91. The van der Waals surface area contributed by atoms with Crippen molar-refractivity contribution in [1.29, 1.82) is 0 Å². The van der Waals surface area contributed by atoms with Crippen LogP contribution in [0.15, 0.2) is 63.3 Å². The summed E-state index contributed by atoms with van der Waals surface area (Å²) in [5, 5.41) is 7.14. The largest absolute Gasteiger partial charge is 0.497 e. The van der Waals surface area contributed by atoms with E-state index in [1.807, 2.05) is 29.6 Å². The van der Waals surface area contributed by atoms with Gasteiger partial charge in [-0.3, -0.25) is 0 Å². The van der Waals surface area contributed by atoms with E-state index in [2.05, 4.69) is 22.0 Å². The SMILES string of the molecule is CCc1nc(-c2cccc(-c3noc(CCS(=O)(=O)c4ccc(OC)cc4)n3)c2)cs1. The summed E-state index contributed by atoms with van der Waals surface area (Å²) in [5.74, 6) is 1.18. The number of hydrogen-bond acceptors (Lipinski definition) is 8. The predicted octanol–water partition coefficient (Wildman–Crippen LogP) is 4.45. The quantitative estimate of drug-likeness (QED) is 0.387. The zero-order valence-corrected chi connectivity index (χ0v) is 18.7. The van der Waals surface area contributed by atoms with E-state index in [-0.39, 0.29) is 23.0 Å². The second-order valence-electron chi connectivity index (χ2n) is 6.82. The minimum absolute atomic E-state index is 0.125. The molecule has 4 rings (SSSR count). The third-order valence-corrected chi connectivity index (χ3v) is 7.47. The first-order chi connectivity index (χ1) is 15.0. The Morgan fingerprint density at radius 3 is 2.55 bits per heavy atom. The number of ether oxygens (including phenoxy) is 1. The van der Waals surface area contributed by atoms with Gasteiger partial charge in [-0.15, -0.1) is 11.3 Å². The Balaban J connectivity index is 1.47. The fourth-order valence-electron chi connectivity index (χ4n) is 3.02. The summed E-state index contributed by atoms with van der Waals surface area (Å²) >= 11 is 1.63. The van der Waals surface area contributed by atoms with E-state index in [1.165, 1.54) is 19.2 Å². The van der Waals surface area contributed by atoms with Crippen LogP contribution in [-0.4, -0.2) is 36.4 Å². The van der Waals surface area contributed by atoms with Gasteiger partial charge in [-0.05, 0) is 36.8 Å². The van der Waals surface area contributed by atoms with Gasteiger partial charge in [-0.25, -0.2) is 13.4 Å². The molecule has 2 aromatic heterocycles. The first-order valence-corrected chi connectivity index (χ1v) is 12.3. The molecule has 0 spiro atoms. The number of nitrogens with zero attached hydrogens (tertiary/aromatic N) is 3. The highest BCUT2D eigenvalue weighted by atomic mass is 32.2. The minimum atomic E-state index is -3.47. The van der Waals surface area contributed by atoms with Crippen LogP contribution < -0.4 is 4.74 Å². The second kappa shape index (κ2) is 8.99. The molecular weight excluding hydrogens is 434 g/mol. The van der Waals surface area contributed by atoms with Crippen LogP contribution in [0, 0.1) is 0 Å². The first kappa shape index (κ1) is 21.2. The van der Waals surface area contributed by atoms with Crippen molar-refractivity contribution in [2.24, 2.45) is 0 Å². The Kier molecular flexibility index (Phi) is 6.15. The Bertz CT molecular complexity index is 1280. The average molecular weight is 456 g/mol. The van der Waals surface area contributed by atoms with E-state index in [9.17, 15) is 8.42 Å². The molecule has 0 saturated carbocycles. The summed E-state index contributed by atoms with van der Waals surface area (Å²) in [4.78, 5) is 9.23. The van der Waals surface area contributed by atoms with Crippen LogP contribution in [0.25, 0.3) is 22.6 Å². The molecule has 0 atom stereocenters. The molecule has 0 unspecified atom stereocenters. The zero-order chi connectivity index (χ0) is 21.8. The number of benzene rings is 2. The molecule has 31 heavy (non-hydrogen) atoms. The third kappa shape index (κ3) is 4.83. The fourth-order valence-corrected chi connectivity index (χ4v) is 5.00. The van der Waals surface area contributed by atoms with Gasteiger partial charge in [0.15, 0.2) is 9.84 Å². The van der Waals surface area contributed by atoms with Crippen molar-refractivity contribution < 1.29 is 17.7 Å². The summed E-state index contributed by atoms with van der Waals surface area (Å²) in [5.41, 5.74) is 2.68. The molecule has 0 bridgehead atoms. The van der Waals surface area contributed by atoms with Crippen molar-refractivity contribution in [3.8, 4) is 28.4 Å². The number of thiazole rings is 1. The lowest BCUT2D eigenvalue weighted by molar-refractivity contribution is 0.382. The van der Waals surface area contributed by atoms with E-state index in [0.717, 1.165) is 28.2 Å². The van der Waals surface area contributed by atoms with Gasteiger partial charge in [-0.2, -0.15) is 4.98 Å². The lowest BCUT2D eigenvalue weighted by atomic mass is 10.1. The van der Waals surface area contributed by atoms with Gasteiger partial charge in [0.2, 0.25) is 11.7 Å². The average Bonchev–Trinajstić information content (AvgIpc) is 3.48. The first-order valence-electron chi connectivity index (χ1n) is 9.73. The van der Waals surface area contributed by atoms with Crippen LogP contribution in [0.2, 0.25) is 0 Å². The van der Waals surface area contributed by atoms with Crippen LogP contribution in [0.4, 0.5) is 0 Å². The molecule has 7 nitrogen and oxygen atoms in total. The van der Waals surface area contributed by atoms with E-state index in [0.29, 0.717) is 11.6 Å². The summed E-state index contributed by atoms with van der Waals surface area (Å²) in [6.45, 7) is 2.08. The Hall–Kier alpha value is -3.04. The van der Waals surface area contributed by atoms with Crippen molar-refractivity contribution in [1.82, 2.24) is 15.1 Å². The number of hydrogen-bond donors (Lipinski definition) is 0. The number of rotatable bonds is 8. The number of aromatic nitrogens is 3. The summed E-state index contributed by atoms with van der Waals surface area (Å²) in [7, 11) is -1.94. The molecule has 0 saturated heterocycles. The monoisotopic (exact) mass is 455 g/mol. The molecule has 9 heteroatoms. The Morgan fingerprint density at radius 1 is 1.06 bits per heavy atom. The summed E-state index contributed by atoms with van der Waals surface area (Å²) < 4.78 is 35.5. The van der Waals surface area contributed by atoms with E-state index >= 15 is 0 Å². The topological polar surface area (TPSA) is 95.2 Å². The van der Waals surface area contributed by atoms with Gasteiger partial charge in [0, 0.05) is 22.9 Å². The van der Waals surface area contributed by atoms with Gasteiger partial charge in [-0.1, -0.05) is 30.3 Å². The fraction of sp³-hybridized carbons (Fsp3) is 0.227. The normalized spacial score (nSPS) is 11.5. The van der Waals surface area contributed by atoms with Crippen LogP contribution >= 0.6 is 11.3 Å². The molecule has 0 aliphatic heterocycles. The standard InChI is InChI=1S/C22H21N3O4S2/c1-3-21-23-19(14-30-21)15-5-4-6-16(13-15)22-24-20(29-25-22)11-12-31(26,27)18-9-7-17(28-2)8-10-18/h4-10,13-14H,3,11-12H2,1-2H3. The number of sulfone groups is 1. The van der Waals surface area contributed by atoms with Gasteiger partial charge in [0.1, 0.15) is 5.75 Å². The molecule has 0 fully saturated rings. The molecule has 0 amide bonds. The van der Waals surface area contributed by atoms with Gasteiger partial charge >= 0.3 is 0 Å². The second-order valence-corrected chi connectivity index (χ2v) is 9.87. The maximum absolute atomic E-state index is 12.6. The van der Waals surface area contributed by atoms with Crippen LogP contribution in [0.5, 0.6) is 5.75 Å².